The number of hydrazone groups is 1. The van der Waals surface area contributed by atoms with Crippen molar-refractivity contribution < 1.29 is 19.8 Å². The van der Waals surface area contributed by atoms with Gasteiger partial charge in [0.25, 0.3) is 5.91 Å². The number of carboxylic acids is 1. The van der Waals surface area contributed by atoms with E-state index in [0.29, 0.717) is 5.56 Å². The lowest BCUT2D eigenvalue weighted by atomic mass is 9.91. The summed E-state index contributed by atoms with van der Waals surface area (Å²) in [5.74, 6) is 0.307. The molecule has 40 heavy (non-hydrogen) atoms. The number of rotatable bonds is 6. The molecule has 210 valence electrons. The van der Waals surface area contributed by atoms with E-state index in [0.717, 1.165) is 35.4 Å². The van der Waals surface area contributed by atoms with E-state index >= 15 is 0 Å². The first kappa shape index (κ1) is 31.4. The van der Waals surface area contributed by atoms with Gasteiger partial charge in [-0.2, -0.15) is 5.10 Å². The number of nitrogens with zero attached hydrogens (tertiary/aromatic N) is 3. The Kier molecular flexibility index (Phi) is 12.8. The van der Waals surface area contributed by atoms with Crippen LogP contribution in [-0.4, -0.2) is 46.4 Å². The van der Waals surface area contributed by atoms with Crippen molar-refractivity contribution in [3.63, 3.8) is 0 Å². The molecule has 2 heterocycles. The van der Waals surface area contributed by atoms with Crippen LogP contribution in [0.1, 0.15) is 57.2 Å². The van der Waals surface area contributed by atoms with Crippen LogP contribution in [0.15, 0.2) is 77.7 Å². The fraction of sp³-hybridized carbons (Fsp3) is 0.281. The van der Waals surface area contributed by atoms with Gasteiger partial charge in [0.1, 0.15) is 6.54 Å². The number of hydrogen-bond donors (Lipinski definition) is 3. The maximum atomic E-state index is 12.7. The van der Waals surface area contributed by atoms with Gasteiger partial charge in [-0.25, -0.2) is 0 Å². The van der Waals surface area contributed by atoms with E-state index in [-0.39, 0.29) is 18.0 Å². The van der Waals surface area contributed by atoms with Crippen molar-refractivity contribution in [3.05, 3.63) is 89.3 Å². The number of fused-ring (bicyclic) bond motifs is 1. The molecule has 2 aliphatic heterocycles. The second kappa shape index (κ2) is 16.2. The van der Waals surface area contributed by atoms with Crippen LogP contribution in [0.3, 0.4) is 0 Å². The fourth-order valence-electron chi connectivity index (χ4n) is 3.95. The summed E-state index contributed by atoms with van der Waals surface area (Å²) in [7, 11) is 0. The lowest BCUT2D eigenvalue weighted by molar-refractivity contribution is -0.137. The highest BCUT2D eigenvalue weighted by molar-refractivity contribution is 6.01. The fourth-order valence-corrected chi connectivity index (χ4v) is 3.95. The van der Waals surface area contributed by atoms with Crippen molar-refractivity contribution in [2.45, 2.75) is 47.1 Å². The van der Waals surface area contributed by atoms with Crippen molar-refractivity contribution in [3.8, 4) is 12.3 Å². The van der Waals surface area contributed by atoms with Crippen molar-refractivity contribution in [2.75, 3.05) is 18.0 Å². The molecule has 8 nitrogen and oxygen atoms in total. The van der Waals surface area contributed by atoms with Gasteiger partial charge < -0.3 is 20.4 Å². The van der Waals surface area contributed by atoms with Crippen molar-refractivity contribution in [2.24, 2.45) is 5.10 Å². The average molecular weight is 543 g/mol. The molecule has 3 N–H and O–H groups in total. The van der Waals surface area contributed by atoms with E-state index < -0.39 is 18.4 Å². The number of anilines is 1. The summed E-state index contributed by atoms with van der Waals surface area (Å²) < 4.78 is 0. The number of terminal acetylenes is 1. The summed E-state index contributed by atoms with van der Waals surface area (Å²) in [5.41, 5.74) is 4.20. The Balaban J connectivity index is 0.000000722. The van der Waals surface area contributed by atoms with Gasteiger partial charge in [-0.1, -0.05) is 75.7 Å². The van der Waals surface area contributed by atoms with Gasteiger partial charge in [-0.3, -0.25) is 14.6 Å². The molecule has 0 aromatic heterocycles. The predicted molar refractivity (Wildman–Crippen MR) is 162 cm³/mol. The van der Waals surface area contributed by atoms with Gasteiger partial charge in [-0.05, 0) is 35.8 Å². The Hall–Kier alpha value is -4.77. The molecule has 2 aromatic rings. The zero-order chi connectivity index (χ0) is 29.5. The number of benzene rings is 2. The van der Waals surface area contributed by atoms with Crippen LogP contribution in [0.2, 0.25) is 0 Å². The quantitative estimate of drug-likeness (QED) is 0.315. The van der Waals surface area contributed by atoms with E-state index in [1.54, 1.807) is 13.0 Å². The highest BCUT2D eigenvalue weighted by atomic mass is 16.4. The highest BCUT2D eigenvalue weighted by Gasteiger charge is 2.31. The predicted octanol–water partition coefficient (Wildman–Crippen LogP) is 5.80. The Labute approximate surface area is 237 Å². The minimum Gasteiger partial charge on any atom is -0.505 e. The van der Waals surface area contributed by atoms with Gasteiger partial charge >= 0.3 is 5.97 Å². The van der Waals surface area contributed by atoms with Crippen molar-refractivity contribution in [1.29, 1.82) is 0 Å². The number of amides is 1. The molecule has 0 saturated heterocycles. The molecule has 0 saturated carbocycles. The van der Waals surface area contributed by atoms with Gasteiger partial charge in [0, 0.05) is 36.6 Å². The molecule has 0 atom stereocenters. The molecular weight excluding hydrogens is 504 g/mol. The lowest BCUT2D eigenvalue weighted by Gasteiger charge is -2.31. The number of aliphatic carboxylic acids is 1. The number of hydrogen-bond acceptors (Lipinski definition) is 6. The number of aliphatic hydroxyl groups is 1. The van der Waals surface area contributed by atoms with Crippen LogP contribution >= 0.6 is 0 Å². The van der Waals surface area contributed by atoms with Gasteiger partial charge in [0.2, 0.25) is 0 Å². The van der Waals surface area contributed by atoms with E-state index in [9.17, 15) is 14.7 Å². The van der Waals surface area contributed by atoms with Crippen LogP contribution in [-0.2, 0) is 16.1 Å². The van der Waals surface area contributed by atoms with Crippen molar-refractivity contribution in [1.82, 2.24) is 10.3 Å². The summed E-state index contributed by atoms with van der Waals surface area (Å²) in [4.78, 5) is 25.7. The second-order valence-corrected chi connectivity index (χ2v) is 8.78. The van der Waals surface area contributed by atoms with Crippen LogP contribution in [0.4, 0.5) is 5.69 Å². The number of carboxylic acid groups (broad SMARTS) is 1. The molecular formula is C32H38N4O4. The zero-order valence-electron chi connectivity index (χ0n) is 23.6. The molecule has 4 rings (SSSR count). The topological polar surface area (TPSA) is 105 Å². The second-order valence-electron chi connectivity index (χ2n) is 8.78. The molecule has 0 unspecified atom stereocenters. The summed E-state index contributed by atoms with van der Waals surface area (Å²) in [6.07, 6.45) is 14.6. The molecule has 2 aromatic carbocycles. The Morgan fingerprint density at radius 3 is 2.35 bits per heavy atom. The molecule has 8 heteroatoms. The Bertz CT molecular complexity index is 1320. The highest BCUT2D eigenvalue weighted by Crippen LogP contribution is 2.36. The summed E-state index contributed by atoms with van der Waals surface area (Å²) >= 11 is 0. The minimum atomic E-state index is -1.17. The third-order valence-corrected chi connectivity index (χ3v) is 5.59. The standard InChI is InChI=1S/C25H24N4O4.C4H6.C3H8/c1-2-27-29-16-21-19(17-8-7-13-28(15-17)18-9-4-3-5-10-18)11-6-12-20(21)24(32)23(29)25(33)26-14-22(30)31;1-3-4-2;1-3-2/h2-12,15,32H,13-14,16H2,1H3,(H,26,33)(H,30,31);1H,4H2,2H3;3H2,1-2H3/b27-2-;;. The Morgan fingerprint density at radius 2 is 1.75 bits per heavy atom. The van der Waals surface area contributed by atoms with Crippen LogP contribution in [0, 0.1) is 12.3 Å². The summed E-state index contributed by atoms with van der Waals surface area (Å²) in [6, 6.07) is 15.6. The van der Waals surface area contributed by atoms with Crippen LogP contribution in [0.25, 0.3) is 11.3 Å². The monoisotopic (exact) mass is 542 g/mol. The number of carbonyl (C=O) groups excluding carboxylic acids is 1. The number of aliphatic hydroxyl groups excluding tert-OH is 1. The first-order chi connectivity index (χ1) is 19.3. The number of nitrogens with one attached hydrogen (secondary N) is 1. The summed E-state index contributed by atoms with van der Waals surface area (Å²) in [6.45, 7) is 8.33. The third kappa shape index (κ3) is 8.37. The summed E-state index contributed by atoms with van der Waals surface area (Å²) in [5, 5.41) is 27.8. The molecule has 0 spiro atoms. The minimum absolute atomic E-state index is 0.0851. The van der Waals surface area contributed by atoms with E-state index in [1.165, 1.54) is 17.6 Å². The lowest BCUT2D eigenvalue weighted by Crippen LogP contribution is -2.38. The molecule has 0 aliphatic carbocycles. The smallest absolute Gasteiger partial charge is 0.322 e. The first-order valence-electron chi connectivity index (χ1n) is 13.3. The maximum Gasteiger partial charge on any atom is 0.322 e. The number of para-hydroxylation sites is 1. The molecule has 1 amide bonds. The largest absolute Gasteiger partial charge is 0.505 e. The van der Waals surface area contributed by atoms with E-state index in [4.69, 9.17) is 11.5 Å². The molecule has 0 radical (unpaired) electrons. The average Bonchev–Trinajstić information content (AvgIpc) is 2.97. The third-order valence-electron chi connectivity index (χ3n) is 5.59. The maximum absolute atomic E-state index is 12.7. The van der Waals surface area contributed by atoms with E-state index in [2.05, 4.69) is 47.4 Å². The normalized spacial score (nSPS) is 13.7. The van der Waals surface area contributed by atoms with Crippen LogP contribution in [0.5, 0.6) is 0 Å². The number of carbonyl (C=O) groups is 2. The van der Waals surface area contributed by atoms with Crippen molar-refractivity contribution >= 4 is 35.1 Å². The SMILES string of the molecule is C#CCC.C/C=N\N1Cc2c(C3=CN(c4ccccc4)CC=C3)cccc2C(O)=C1C(=O)NCC(=O)O.CCC. The van der Waals surface area contributed by atoms with Gasteiger partial charge in [0.15, 0.2) is 11.5 Å². The molecule has 0 bridgehead atoms. The Morgan fingerprint density at radius 1 is 1.10 bits per heavy atom. The first-order valence-corrected chi connectivity index (χ1v) is 13.3. The zero-order valence-corrected chi connectivity index (χ0v) is 23.6. The number of allylic oxidation sites excluding steroid dienone is 2. The van der Waals surface area contributed by atoms with E-state index in [1.807, 2.05) is 55.5 Å². The molecule has 0 fully saturated rings. The molecule has 2 aliphatic rings. The van der Waals surface area contributed by atoms with Gasteiger partial charge in [-0.15, -0.1) is 12.3 Å². The van der Waals surface area contributed by atoms with Gasteiger partial charge in [0.05, 0.1) is 6.54 Å². The van der Waals surface area contributed by atoms with Crippen LogP contribution < -0.4 is 10.2 Å².